The van der Waals surface area contributed by atoms with Crippen LogP contribution in [0.25, 0.3) is 0 Å². The fourth-order valence-electron chi connectivity index (χ4n) is 4.22. The van der Waals surface area contributed by atoms with Gasteiger partial charge in [0.1, 0.15) is 0 Å². The lowest BCUT2D eigenvalue weighted by Gasteiger charge is -2.45. The standard InChI is InChI=1S/C18H37NO/c1-5-9-12-16(6-2)15-17(20)18(13-10-11-14-18)19(7-3)8-4/h16-17,20H,5-15H2,1-4H3. The zero-order valence-electron chi connectivity index (χ0n) is 14.3. The van der Waals surface area contributed by atoms with E-state index < -0.39 is 0 Å². The number of nitrogens with zero attached hydrogens (tertiary/aromatic N) is 1. The quantitative estimate of drug-likeness (QED) is 0.633. The van der Waals surface area contributed by atoms with Gasteiger partial charge < -0.3 is 5.11 Å². The normalized spacial score (nSPS) is 21.3. The zero-order valence-corrected chi connectivity index (χ0v) is 14.3. The van der Waals surface area contributed by atoms with Crippen molar-refractivity contribution in [3.05, 3.63) is 0 Å². The number of likely N-dealkylation sites (N-methyl/N-ethyl adjacent to an activating group) is 1. The van der Waals surface area contributed by atoms with Crippen LogP contribution >= 0.6 is 0 Å². The first kappa shape index (κ1) is 18.0. The molecular weight excluding hydrogens is 246 g/mol. The van der Waals surface area contributed by atoms with E-state index in [2.05, 4.69) is 32.6 Å². The lowest BCUT2D eigenvalue weighted by molar-refractivity contribution is -0.0375. The Kier molecular flexibility index (Phi) is 8.13. The van der Waals surface area contributed by atoms with E-state index in [4.69, 9.17) is 0 Å². The third-order valence-corrected chi connectivity index (χ3v) is 5.58. The van der Waals surface area contributed by atoms with Gasteiger partial charge in [-0.1, -0.05) is 66.2 Å². The maximum atomic E-state index is 11.0. The van der Waals surface area contributed by atoms with Gasteiger partial charge in [-0.05, 0) is 38.3 Å². The minimum absolute atomic E-state index is 0.0864. The molecule has 1 saturated carbocycles. The van der Waals surface area contributed by atoms with E-state index in [0.717, 1.165) is 19.5 Å². The molecule has 20 heavy (non-hydrogen) atoms. The molecule has 0 aromatic heterocycles. The lowest BCUT2D eigenvalue weighted by atomic mass is 9.81. The van der Waals surface area contributed by atoms with Crippen LogP contribution in [0.3, 0.4) is 0 Å². The molecule has 0 radical (unpaired) electrons. The molecule has 2 nitrogen and oxygen atoms in total. The van der Waals surface area contributed by atoms with E-state index in [9.17, 15) is 5.11 Å². The Morgan fingerprint density at radius 3 is 2.10 bits per heavy atom. The molecule has 1 rings (SSSR count). The molecule has 0 aliphatic heterocycles. The summed E-state index contributed by atoms with van der Waals surface area (Å²) in [5, 5.41) is 11.0. The Morgan fingerprint density at radius 2 is 1.65 bits per heavy atom. The highest BCUT2D eigenvalue weighted by Gasteiger charge is 2.44. The van der Waals surface area contributed by atoms with Crippen LogP contribution in [-0.4, -0.2) is 34.7 Å². The van der Waals surface area contributed by atoms with Crippen molar-refractivity contribution < 1.29 is 5.11 Å². The van der Waals surface area contributed by atoms with E-state index in [1.54, 1.807) is 0 Å². The van der Waals surface area contributed by atoms with Gasteiger partial charge in [-0.2, -0.15) is 0 Å². The highest BCUT2D eigenvalue weighted by Crippen LogP contribution is 2.40. The van der Waals surface area contributed by atoms with Crippen LogP contribution in [0.5, 0.6) is 0 Å². The monoisotopic (exact) mass is 283 g/mol. The summed E-state index contributed by atoms with van der Waals surface area (Å²) in [6.45, 7) is 11.2. The summed E-state index contributed by atoms with van der Waals surface area (Å²) in [6, 6.07) is 0. The molecule has 1 aliphatic rings. The molecule has 1 fully saturated rings. The molecule has 0 aromatic rings. The third kappa shape index (κ3) is 4.21. The summed E-state index contributed by atoms with van der Waals surface area (Å²) in [7, 11) is 0. The van der Waals surface area contributed by atoms with E-state index in [1.807, 2.05) is 0 Å². The van der Waals surface area contributed by atoms with Gasteiger partial charge in [-0.25, -0.2) is 0 Å². The Labute approximate surface area is 126 Å². The van der Waals surface area contributed by atoms with Crippen molar-refractivity contribution in [1.82, 2.24) is 4.90 Å². The van der Waals surface area contributed by atoms with Crippen LogP contribution in [0.1, 0.15) is 85.5 Å². The first-order chi connectivity index (χ1) is 9.64. The molecule has 0 saturated heterocycles. The maximum absolute atomic E-state index is 11.0. The second kappa shape index (κ2) is 9.04. The Hall–Kier alpha value is -0.0800. The van der Waals surface area contributed by atoms with Gasteiger partial charge in [0.15, 0.2) is 0 Å². The second-order valence-corrected chi connectivity index (χ2v) is 6.65. The van der Waals surface area contributed by atoms with Crippen LogP contribution in [0.15, 0.2) is 0 Å². The number of unbranched alkanes of at least 4 members (excludes halogenated alkanes) is 1. The fraction of sp³-hybridized carbons (Fsp3) is 1.00. The molecule has 0 amide bonds. The summed E-state index contributed by atoms with van der Waals surface area (Å²) in [4.78, 5) is 2.54. The van der Waals surface area contributed by atoms with Crippen molar-refractivity contribution in [2.24, 2.45) is 5.92 Å². The van der Waals surface area contributed by atoms with Gasteiger partial charge in [0.2, 0.25) is 0 Å². The summed E-state index contributed by atoms with van der Waals surface area (Å²) >= 11 is 0. The topological polar surface area (TPSA) is 23.5 Å². The molecule has 0 aromatic carbocycles. The molecule has 2 unspecified atom stereocenters. The van der Waals surface area contributed by atoms with Gasteiger partial charge in [0.25, 0.3) is 0 Å². The van der Waals surface area contributed by atoms with Crippen LogP contribution in [-0.2, 0) is 0 Å². The number of rotatable bonds is 10. The van der Waals surface area contributed by atoms with Gasteiger partial charge in [0, 0.05) is 5.54 Å². The third-order valence-electron chi connectivity index (χ3n) is 5.58. The zero-order chi connectivity index (χ0) is 15.0. The molecule has 0 spiro atoms. The number of aliphatic hydroxyl groups is 1. The predicted molar refractivity (Wildman–Crippen MR) is 88.0 cm³/mol. The average molecular weight is 284 g/mol. The highest BCUT2D eigenvalue weighted by atomic mass is 16.3. The summed E-state index contributed by atoms with van der Waals surface area (Å²) in [5.41, 5.74) is 0.0864. The fourth-order valence-corrected chi connectivity index (χ4v) is 4.22. The number of aliphatic hydroxyl groups excluding tert-OH is 1. The van der Waals surface area contributed by atoms with Crippen molar-refractivity contribution in [3.8, 4) is 0 Å². The molecule has 1 aliphatic carbocycles. The van der Waals surface area contributed by atoms with Gasteiger partial charge in [-0.3, -0.25) is 4.90 Å². The first-order valence-corrected chi connectivity index (χ1v) is 9.07. The smallest absolute Gasteiger partial charge is 0.0726 e. The second-order valence-electron chi connectivity index (χ2n) is 6.65. The summed E-state index contributed by atoms with van der Waals surface area (Å²) in [6.07, 6.45) is 10.9. The maximum Gasteiger partial charge on any atom is 0.0726 e. The minimum atomic E-state index is -0.133. The van der Waals surface area contributed by atoms with E-state index in [1.165, 1.54) is 51.4 Å². The lowest BCUT2D eigenvalue weighted by Crippen LogP contribution is -2.55. The molecular formula is C18H37NO. The molecule has 2 heteroatoms. The van der Waals surface area contributed by atoms with Crippen molar-refractivity contribution >= 4 is 0 Å². The van der Waals surface area contributed by atoms with Crippen molar-refractivity contribution in [2.75, 3.05) is 13.1 Å². The van der Waals surface area contributed by atoms with E-state index >= 15 is 0 Å². The summed E-state index contributed by atoms with van der Waals surface area (Å²) < 4.78 is 0. The highest BCUT2D eigenvalue weighted by molar-refractivity contribution is 5.00. The number of hydrogen-bond donors (Lipinski definition) is 1. The van der Waals surface area contributed by atoms with Crippen molar-refractivity contribution in [3.63, 3.8) is 0 Å². The van der Waals surface area contributed by atoms with Crippen LogP contribution in [0, 0.1) is 5.92 Å². The molecule has 0 bridgehead atoms. The van der Waals surface area contributed by atoms with Crippen LogP contribution in [0.4, 0.5) is 0 Å². The largest absolute Gasteiger partial charge is 0.391 e. The van der Waals surface area contributed by atoms with Gasteiger partial charge in [-0.15, -0.1) is 0 Å². The molecule has 120 valence electrons. The Bertz CT molecular complexity index is 244. The van der Waals surface area contributed by atoms with Crippen LogP contribution < -0.4 is 0 Å². The van der Waals surface area contributed by atoms with Gasteiger partial charge >= 0.3 is 0 Å². The molecule has 0 heterocycles. The van der Waals surface area contributed by atoms with Gasteiger partial charge in [0.05, 0.1) is 6.10 Å². The SMILES string of the molecule is CCCCC(CC)CC(O)C1(N(CC)CC)CCCC1. The van der Waals surface area contributed by atoms with E-state index in [0.29, 0.717) is 5.92 Å². The van der Waals surface area contributed by atoms with Crippen molar-refractivity contribution in [1.29, 1.82) is 0 Å². The molecule has 1 N–H and O–H groups in total. The van der Waals surface area contributed by atoms with E-state index in [-0.39, 0.29) is 11.6 Å². The van der Waals surface area contributed by atoms with Crippen LogP contribution in [0.2, 0.25) is 0 Å². The van der Waals surface area contributed by atoms with Crippen molar-refractivity contribution in [2.45, 2.75) is 97.1 Å². The minimum Gasteiger partial charge on any atom is -0.391 e. The number of hydrogen-bond acceptors (Lipinski definition) is 2. The molecule has 2 atom stereocenters. The summed E-state index contributed by atoms with van der Waals surface area (Å²) in [5.74, 6) is 0.706. The predicted octanol–water partition coefficient (Wildman–Crippen LogP) is 4.61. The Balaban J connectivity index is 2.70. The first-order valence-electron chi connectivity index (χ1n) is 9.07. The average Bonchev–Trinajstić information content (AvgIpc) is 2.95. The Morgan fingerprint density at radius 1 is 1.05 bits per heavy atom.